The summed E-state index contributed by atoms with van der Waals surface area (Å²) in [6.07, 6.45) is 6.85. The van der Waals surface area contributed by atoms with Gasteiger partial charge in [-0.3, -0.25) is 9.59 Å². The number of hydrogen-bond donors (Lipinski definition) is 2. The van der Waals surface area contributed by atoms with Gasteiger partial charge in [0.1, 0.15) is 0 Å². The average molecular weight is 406 g/mol. The fourth-order valence-corrected chi connectivity index (χ4v) is 4.39. The van der Waals surface area contributed by atoms with Gasteiger partial charge in [0.25, 0.3) is 5.91 Å². The van der Waals surface area contributed by atoms with E-state index in [2.05, 4.69) is 5.32 Å². The summed E-state index contributed by atoms with van der Waals surface area (Å²) in [7, 11) is 0. The molecule has 30 heavy (non-hydrogen) atoms. The van der Waals surface area contributed by atoms with E-state index in [1.807, 2.05) is 59.5 Å². The normalized spacial score (nSPS) is 21.5. The fraction of sp³-hybridized carbons (Fsp3) is 0.440. The molecule has 2 aliphatic rings. The van der Waals surface area contributed by atoms with Gasteiger partial charge in [-0.15, -0.1) is 0 Å². The number of nitrogens with one attached hydrogen (secondary N) is 1. The summed E-state index contributed by atoms with van der Waals surface area (Å²) in [6.45, 7) is 0.529. The van der Waals surface area contributed by atoms with Crippen LogP contribution in [0.1, 0.15) is 60.9 Å². The molecule has 4 rings (SSSR count). The number of nitrogens with zero attached hydrogens (tertiary/aromatic N) is 1. The number of nitrogens with two attached hydrogens (primary N) is 1. The van der Waals surface area contributed by atoms with Gasteiger partial charge in [0, 0.05) is 35.8 Å². The number of carbonyl (C=O) groups excluding carboxylic acids is 2. The molecule has 0 unspecified atom stereocenters. The largest absolute Gasteiger partial charge is 0.331 e. The lowest BCUT2D eigenvalue weighted by atomic mass is 9.85. The van der Waals surface area contributed by atoms with Crippen molar-refractivity contribution in [2.24, 2.45) is 11.7 Å². The van der Waals surface area contributed by atoms with E-state index in [-0.39, 0.29) is 29.8 Å². The van der Waals surface area contributed by atoms with Crippen LogP contribution in [0.2, 0.25) is 0 Å². The Morgan fingerprint density at radius 3 is 2.33 bits per heavy atom. The van der Waals surface area contributed by atoms with Crippen molar-refractivity contribution in [2.75, 3.05) is 5.32 Å². The summed E-state index contributed by atoms with van der Waals surface area (Å²) >= 11 is 0. The van der Waals surface area contributed by atoms with Gasteiger partial charge >= 0.3 is 0 Å². The summed E-state index contributed by atoms with van der Waals surface area (Å²) in [6, 6.07) is 17.8. The third-order valence-electron chi connectivity index (χ3n) is 6.49. The highest BCUT2D eigenvalue weighted by Gasteiger charge is 2.29. The zero-order valence-corrected chi connectivity index (χ0v) is 17.4. The van der Waals surface area contributed by atoms with E-state index in [1.54, 1.807) is 0 Å². The van der Waals surface area contributed by atoms with Gasteiger partial charge < -0.3 is 16.0 Å². The molecule has 2 aliphatic carbocycles. The van der Waals surface area contributed by atoms with Gasteiger partial charge in [-0.2, -0.15) is 0 Å². The summed E-state index contributed by atoms with van der Waals surface area (Å²) in [5, 5.41) is 3.04. The van der Waals surface area contributed by atoms with Crippen molar-refractivity contribution in [3.8, 4) is 0 Å². The smallest absolute Gasteiger partial charge is 0.254 e. The van der Waals surface area contributed by atoms with Crippen molar-refractivity contribution < 1.29 is 9.59 Å². The van der Waals surface area contributed by atoms with E-state index in [1.165, 1.54) is 0 Å². The number of rotatable bonds is 6. The van der Waals surface area contributed by atoms with E-state index in [0.29, 0.717) is 12.1 Å². The third-order valence-corrected chi connectivity index (χ3v) is 6.49. The minimum absolute atomic E-state index is 0.0555. The van der Waals surface area contributed by atoms with E-state index in [9.17, 15) is 9.59 Å². The van der Waals surface area contributed by atoms with E-state index >= 15 is 0 Å². The molecule has 0 bridgehead atoms. The maximum atomic E-state index is 13.4. The van der Waals surface area contributed by atoms with Gasteiger partial charge in [0.05, 0.1) is 0 Å². The van der Waals surface area contributed by atoms with Crippen molar-refractivity contribution in [2.45, 2.75) is 63.6 Å². The molecule has 2 aromatic carbocycles. The van der Waals surface area contributed by atoms with Crippen LogP contribution in [0, 0.1) is 5.92 Å². The average Bonchev–Trinajstić information content (AvgIpc) is 2.72. The Balaban J connectivity index is 1.51. The minimum Gasteiger partial charge on any atom is -0.331 e. The molecule has 0 heterocycles. The lowest BCUT2D eigenvalue weighted by molar-refractivity contribution is -0.122. The van der Waals surface area contributed by atoms with Gasteiger partial charge in [-0.1, -0.05) is 36.8 Å². The summed E-state index contributed by atoms with van der Waals surface area (Å²) in [5.41, 5.74) is 8.65. The van der Waals surface area contributed by atoms with E-state index in [4.69, 9.17) is 5.73 Å². The zero-order valence-electron chi connectivity index (χ0n) is 17.4. The van der Waals surface area contributed by atoms with Crippen molar-refractivity contribution in [3.05, 3.63) is 65.7 Å². The molecule has 0 spiro atoms. The van der Waals surface area contributed by atoms with Crippen molar-refractivity contribution in [3.63, 3.8) is 0 Å². The predicted molar refractivity (Wildman–Crippen MR) is 119 cm³/mol. The summed E-state index contributed by atoms with van der Waals surface area (Å²) in [5.74, 6) is 0.313. The first-order chi connectivity index (χ1) is 14.6. The molecule has 0 aliphatic heterocycles. The molecule has 2 amide bonds. The molecule has 2 fully saturated rings. The second-order valence-corrected chi connectivity index (χ2v) is 8.69. The second kappa shape index (κ2) is 9.43. The monoisotopic (exact) mass is 405 g/mol. The van der Waals surface area contributed by atoms with Gasteiger partial charge in [-0.05, 0) is 68.4 Å². The molecule has 2 aromatic rings. The molecule has 0 radical (unpaired) electrons. The highest BCUT2D eigenvalue weighted by atomic mass is 16.2. The molecule has 5 nitrogen and oxygen atoms in total. The molecular formula is C25H31N3O2. The Bertz CT molecular complexity index is 871. The van der Waals surface area contributed by atoms with Crippen LogP contribution in [0.3, 0.4) is 0 Å². The van der Waals surface area contributed by atoms with Crippen LogP contribution in [-0.4, -0.2) is 28.8 Å². The molecule has 2 saturated carbocycles. The van der Waals surface area contributed by atoms with Crippen LogP contribution in [0.5, 0.6) is 0 Å². The number of anilines is 1. The number of benzene rings is 2. The summed E-state index contributed by atoms with van der Waals surface area (Å²) in [4.78, 5) is 27.7. The standard InChI is InChI=1S/C25H31N3O2/c26-21-12-14-23(15-13-21)28(25(30)20-7-2-1-3-8-20)17-18-6-4-11-22(16-18)27-24(29)19-9-5-10-19/h1-4,6-8,11,16,19,21,23H,5,9-10,12-15,17,26H2,(H,27,29). The SMILES string of the molecule is NC1CCC(N(Cc2cccc(NC(=O)C3CCC3)c2)C(=O)c2ccccc2)CC1. The van der Waals surface area contributed by atoms with Crippen LogP contribution in [0.15, 0.2) is 54.6 Å². The summed E-state index contributed by atoms with van der Waals surface area (Å²) < 4.78 is 0. The Hall–Kier alpha value is -2.66. The quantitative estimate of drug-likeness (QED) is 0.751. The molecule has 3 N–H and O–H groups in total. The van der Waals surface area contributed by atoms with Crippen molar-refractivity contribution >= 4 is 17.5 Å². The van der Waals surface area contributed by atoms with Crippen LogP contribution in [0.4, 0.5) is 5.69 Å². The number of carbonyl (C=O) groups is 2. The van der Waals surface area contributed by atoms with Crippen LogP contribution >= 0.6 is 0 Å². The lowest BCUT2D eigenvalue weighted by Crippen LogP contribution is -2.43. The van der Waals surface area contributed by atoms with Gasteiger partial charge in [0.2, 0.25) is 5.91 Å². The van der Waals surface area contributed by atoms with Crippen LogP contribution in [-0.2, 0) is 11.3 Å². The molecule has 158 valence electrons. The molecule has 5 heteroatoms. The highest BCUT2D eigenvalue weighted by molar-refractivity contribution is 5.94. The first-order valence-corrected chi connectivity index (χ1v) is 11.1. The first-order valence-electron chi connectivity index (χ1n) is 11.1. The Labute approximate surface area is 178 Å². The van der Waals surface area contributed by atoms with Gasteiger partial charge in [-0.25, -0.2) is 0 Å². The molecule has 0 atom stereocenters. The predicted octanol–water partition coefficient (Wildman–Crippen LogP) is 4.34. The minimum atomic E-state index is 0.0555. The highest BCUT2D eigenvalue weighted by Crippen LogP contribution is 2.29. The maximum absolute atomic E-state index is 13.4. The van der Waals surface area contributed by atoms with Crippen LogP contribution < -0.4 is 11.1 Å². The Morgan fingerprint density at radius 1 is 0.933 bits per heavy atom. The van der Waals surface area contributed by atoms with Crippen molar-refractivity contribution in [1.82, 2.24) is 4.90 Å². The third kappa shape index (κ3) is 4.90. The Kier molecular flexibility index (Phi) is 6.48. The van der Waals surface area contributed by atoms with Gasteiger partial charge in [0.15, 0.2) is 0 Å². The fourth-order valence-electron chi connectivity index (χ4n) is 4.39. The van der Waals surface area contributed by atoms with Crippen molar-refractivity contribution in [1.29, 1.82) is 0 Å². The van der Waals surface area contributed by atoms with E-state index in [0.717, 1.165) is 56.2 Å². The number of hydrogen-bond acceptors (Lipinski definition) is 3. The zero-order chi connectivity index (χ0) is 20.9. The second-order valence-electron chi connectivity index (χ2n) is 8.69. The van der Waals surface area contributed by atoms with Crippen LogP contribution in [0.25, 0.3) is 0 Å². The maximum Gasteiger partial charge on any atom is 0.254 e. The molecular weight excluding hydrogens is 374 g/mol. The molecule has 0 saturated heterocycles. The Morgan fingerprint density at radius 2 is 1.67 bits per heavy atom. The van der Waals surface area contributed by atoms with E-state index < -0.39 is 0 Å². The lowest BCUT2D eigenvalue weighted by Gasteiger charge is -2.36. The topological polar surface area (TPSA) is 75.4 Å². The molecule has 0 aromatic heterocycles. The first kappa shape index (κ1) is 20.6. The number of amides is 2.